The van der Waals surface area contributed by atoms with Gasteiger partial charge in [-0.2, -0.15) is 0 Å². The Labute approximate surface area is 106 Å². The first kappa shape index (κ1) is 30.2. The molecule has 0 aliphatic carbocycles. The molecule has 0 rings (SSSR count). The molecule has 0 unspecified atom stereocenters. The van der Waals surface area contributed by atoms with Crippen molar-refractivity contribution in [3.63, 3.8) is 0 Å². The standard InChI is InChI=1S/BH3.Be.Ce.H4O4Si.Zn.2H/c;;;1-5(2,3)4;;;/h1H3;;;1-4H;;;. The van der Waals surface area contributed by atoms with Gasteiger partial charge in [-0.15, -0.1) is 0 Å². The first-order chi connectivity index (χ1) is 2.00. The maximum atomic E-state index is 7.33. The van der Waals surface area contributed by atoms with Gasteiger partial charge < -0.3 is 19.2 Å². The van der Waals surface area contributed by atoms with Gasteiger partial charge in [-0.3, -0.25) is 0 Å². The first-order valence-corrected chi connectivity index (χ1v) is 2.68. The molecule has 0 spiro atoms. The van der Waals surface area contributed by atoms with Crippen LogP contribution in [0.2, 0.25) is 0 Å². The fraction of sp³-hybridized carbons (Fsp3) is 0. The Balaban J connectivity index is -0.0000000133. The molecule has 0 aliphatic rings. The monoisotopic (exact) mass is 325 g/mol. The van der Waals surface area contributed by atoms with Crippen molar-refractivity contribution in [1.29, 1.82) is 0 Å². The van der Waals surface area contributed by atoms with Crippen molar-refractivity contribution in [2.75, 3.05) is 0 Å². The molecule has 9 heteroatoms. The van der Waals surface area contributed by atoms with Crippen molar-refractivity contribution in [2.24, 2.45) is 0 Å². The summed E-state index contributed by atoms with van der Waals surface area (Å²) in [6, 6.07) is 0. The van der Waals surface area contributed by atoms with Crippen molar-refractivity contribution in [3.05, 3.63) is 0 Å². The van der Waals surface area contributed by atoms with E-state index in [1.165, 1.54) is 0 Å². The molecule has 0 fully saturated rings. The van der Waals surface area contributed by atoms with Crippen LogP contribution in [0.15, 0.2) is 0 Å². The quantitative estimate of drug-likeness (QED) is 0.337. The van der Waals surface area contributed by atoms with E-state index in [-0.39, 0.29) is 79.8 Å². The molecule has 0 aliphatic heterocycles. The summed E-state index contributed by atoms with van der Waals surface area (Å²) in [6.07, 6.45) is 0. The Kier molecular flexibility index (Phi) is 43.4. The zero-order chi connectivity index (χ0) is 4.50. The van der Waals surface area contributed by atoms with Crippen LogP contribution in [-0.2, 0) is 19.5 Å². The average Bonchev–Trinajstić information content (AvgIpc) is 0.722. The van der Waals surface area contributed by atoms with Crippen LogP contribution < -0.4 is 0 Å². The third-order valence-electron chi connectivity index (χ3n) is 0. The van der Waals surface area contributed by atoms with Crippen LogP contribution in [0.1, 0.15) is 0 Å². The van der Waals surface area contributed by atoms with E-state index in [4.69, 9.17) is 19.2 Å². The Bertz CT molecular complexity index is 36.0. The van der Waals surface area contributed by atoms with Crippen LogP contribution in [0, 0.1) is 41.7 Å². The fourth-order valence-electron chi connectivity index (χ4n) is 0. The molecule has 4 nitrogen and oxygen atoms in total. The van der Waals surface area contributed by atoms with E-state index in [9.17, 15) is 0 Å². The van der Waals surface area contributed by atoms with Gasteiger partial charge in [-0.05, 0) is 0 Å². The van der Waals surface area contributed by atoms with E-state index >= 15 is 0 Å². The van der Waals surface area contributed by atoms with Crippen molar-refractivity contribution < 1.29 is 80.4 Å². The molecule has 48 valence electrons. The SMILES string of the molecule is B.O[Si](O)(O)O.[BeH2].[Ce].[Zn]. The molecule has 0 radical (unpaired) electrons. The summed E-state index contributed by atoms with van der Waals surface area (Å²) in [5.41, 5.74) is 0. The second-order valence-corrected chi connectivity index (χ2v) is 1.80. The summed E-state index contributed by atoms with van der Waals surface area (Å²) in [7, 11) is -4.61. The number of hydrogen-bond donors (Lipinski definition) is 4. The fourth-order valence-corrected chi connectivity index (χ4v) is 0. The Morgan fingerprint density at radius 1 is 0.889 bits per heavy atom. The largest absolute Gasteiger partial charge is 0 e. The molecule has 0 aromatic rings. The van der Waals surface area contributed by atoms with Gasteiger partial charge in [0, 0.05) is 61.2 Å². The van der Waals surface area contributed by atoms with Crippen LogP contribution >= 0.6 is 0 Å². The van der Waals surface area contributed by atoms with E-state index in [1.54, 1.807) is 0 Å². The molecule has 0 saturated heterocycles. The normalized spacial score (nSPS) is 6.67. The van der Waals surface area contributed by atoms with Crippen LogP contribution in [-0.4, -0.2) is 46.8 Å². The van der Waals surface area contributed by atoms with Crippen LogP contribution in [0.4, 0.5) is 0 Å². The molecular formula is H9BBeCeO4SiZn. The minimum atomic E-state index is -4.61. The van der Waals surface area contributed by atoms with E-state index in [2.05, 4.69) is 0 Å². The maximum absolute atomic E-state index is 7.33. The van der Waals surface area contributed by atoms with Gasteiger partial charge in [0.05, 0.1) is 8.41 Å². The van der Waals surface area contributed by atoms with Crippen molar-refractivity contribution in [3.8, 4) is 0 Å². The van der Waals surface area contributed by atoms with Gasteiger partial charge in [-0.1, -0.05) is 0 Å². The van der Waals surface area contributed by atoms with Crippen molar-refractivity contribution >= 4 is 27.6 Å². The molecule has 0 amide bonds. The summed E-state index contributed by atoms with van der Waals surface area (Å²) in [6.45, 7) is 0. The zero-order valence-corrected chi connectivity index (χ0v) is 10.6. The van der Waals surface area contributed by atoms with Crippen LogP contribution in [0.3, 0.4) is 0 Å². The molecule has 4 N–H and O–H groups in total. The molecule has 0 atom stereocenters. The van der Waals surface area contributed by atoms with Gasteiger partial charge in [0.1, 0.15) is 0 Å². The number of hydrogen-bond acceptors (Lipinski definition) is 4. The van der Waals surface area contributed by atoms with Gasteiger partial charge in [0.25, 0.3) is 0 Å². The Morgan fingerprint density at radius 3 is 0.889 bits per heavy atom. The summed E-state index contributed by atoms with van der Waals surface area (Å²) in [5.74, 6) is 0. The van der Waals surface area contributed by atoms with Gasteiger partial charge in [-0.25, -0.2) is 0 Å². The Hall–Kier alpha value is 2.29. The molecule has 0 aromatic carbocycles. The topological polar surface area (TPSA) is 80.9 Å². The van der Waals surface area contributed by atoms with Crippen LogP contribution in [0.5, 0.6) is 0 Å². The molecule has 0 saturated carbocycles. The third kappa shape index (κ3) is 135. The summed E-state index contributed by atoms with van der Waals surface area (Å²) < 4.78 is 0. The second kappa shape index (κ2) is 12.9. The smallest absolute Gasteiger partial charge is 0 e. The van der Waals surface area contributed by atoms with Crippen molar-refractivity contribution in [1.82, 2.24) is 0 Å². The second-order valence-electron chi connectivity index (χ2n) is 0.600. The molecule has 0 heterocycles. The Morgan fingerprint density at radius 2 is 0.889 bits per heavy atom. The van der Waals surface area contributed by atoms with Gasteiger partial charge in [0.2, 0.25) is 0 Å². The number of rotatable bonds is 0. The van der Waals surface area contributed by atoms with E-state index in [1.807, 2.05) is 0 Å². The van der Waals surface area contributed by atoms with Crippen molar-refractivity contribution in [2.45, 2.75) is 0 Å². The van der Waals surface area contributed by atoms with Crippen LogP contribution in [0.25, 0.3) is 0 Å². The van der Waals surface area contributed by atoms with Gasteiger partial charge >= 0.3 is 19.2 Å². The van der Waals surface area contributed by atoms with E-state index < -0.39 is 9.05 Å². The van der Waals surface area contributed by atoms with E-state index in [0.29, 0.717) is 0 Å². The first-order valence-electron chi connectivity index (χ1n) is 0.894. The minimum Gasteiger partial charge on any atom is 0 e. The summed E-state index contributed by atoms with van der Waals surface area (Å²) >= 11 is 0. The van der Waals surface area contributed by atoms with E-state index in [0.717, 1.165) is 0 Å². The third-order valence-corrected chi connectivity index (χ3v) is 0. The summed E-state index contributed by atoms with van der Waals surface area (Å²) in [5, 5.41) is 0. The summed E-state index contributed by atoms with van der Waals surface area (Å²) in [4.78, 5) is 29.3. The molecular weight excluding hydrogens is 317 g/mol. The maximum Gasteiger partial charge on any atom is 0 e. The molecule has 0 bridgehead atoms. The predicted molar refractivity (Wildman–Crippen MR) is 33.1 cm³/mol. The zero-order valence-electron chi connectivity index (χ0n) is 3.50. The minimum absolute atomic E-state index is 0. The molecule has 9 heavy (non-hydrogen) atoms. The van der Waals surface area contributed by atoms with Gasteiger partial charge in [0.15, 0.2) is 0 Å². The molecule has 0 aromatic heterocycles. The predicted octanol–water partition coefficient (Wildman–Crippen LogP) is -4.71. The average molecular weight is 326 g/mol.